The Hall–Kier alpha value is -2.00. The Bertz CT molecular complexity index is 463. The van der Waals surface area contributed by atoms with Crippen LogP contribution >= 0.6 is 0 Å². The molecule has 0 saturated carbocycles. The molecule has 94 valence electrons. The first-order chi connectivity index (χ1) is 8.74. The molecule has 0 spiro atoms. The monoisotopic (exact) mass is 244 g/mol. The van der Waals surface area contributed by atoms with Crippen LogP contribution in [0, 0.1) is 0 Å². The molecule has 3 nitrogen and oxygen atoms in total. The number of aliphatic hydroxyl groups excluding tert-OH is 1. The largest absolute Gasteiger partial charge is 0.491 e. The van der Waals surface area contributed by atoms with E-state index in [4.69, 9.17) is 14.6 Å². The molecule has 0 aromatic heterocycles. The fourth-order valence-corrected chi connectivity index (χ4v) is 1.45. The molecule has 2 rings (SSSR count). The van der Waals surface area contributed by atoms with E-state index >= 15 is 0 Å². The summed E-state index contributed by atoms with van der Waals surface area (Å²) in [6, 6.07) is 16.9. The van der Waals surface area contributed by atoms with Crippen LogP contribution in [0.2, 0.25) is 0 Å². The molecule has 0 amide bonds. The van der Waals surface area contributed by atoms with Gasteiger partial charge in [-0.1, -0.05) is 18.2 Å². The first kappa shape index (κ1) is 12.5. The lowest BCUT2D eigenvalue weighted by molar-refractivity contribution is 0.122. The summed E-state index contributed by atoms with van der Waals surface area (Å²) in [5.74, 6) is 2.28. The molecule has 1 atom stereocenters. The highest BCUT2D eigenvalue weighted by Crippen LogP contribution is 2.23. The Morgan fingerprint density at radius 3 is 2.06 bits per heavy atom. The standard InChI is InChI=1S/C15H16O3/c1-12(16)11-17-13-7-9-15(10-8-13)18-14-5-3-2-4-6-14/h2-10,12,16H,11H2,1H3. The predicted molar refractivity (Wildman–Crippen MR) is 70.1 cm³/mol. The summed E-state index contributed by atoms with van der Waals surface area (Å²) < 4.78 is 11.0. The molecule has 1 unspecified atom stereocenters. The Morgan fingerprint density at radius 1 is 0.889 bits per heavy atom. The fourth-order valence-electron chi connectivity index (χ4n) is 1.45. The Labute approximate surface area is 107 Å². The van der Waals surface area contributed by atoms with Crippen molar-refractivity contribution in [1.29, 1.82) is 0 Å². The van der Waals surface area contributed by atoms with Gasteiger partial charge in [0.25, 0.3) is 0 Å². The van der Waals surface area contributed by atoms with Crippen LogP contribution < -0.4 is 9.47 Å². The van der Waals surface area contributed by atoms with E-state index in [0.717, 1.165) is 17.2 Å². The molecule has 0 saturated heterocycles. The molecule has 18 heavy (non-hydrogen) atoms. The van der Waals surface area contributed by atoms with Crippen LogP contribution in [-0.4, -0.2) is 17.8 Å². The van der Waals surface area contributed by atoms with E-state index in [0.29, 0.717) is 6.61 Å². The minimum Gasteiger partial charge on any atom is -0.491 e. The van der Waals surface area contributed by atoms with Crippen molar-refractivity contribution in [3.63, 3.8) is 0 Å². The highest BCUT2D eigenvalue weighted by Gasteiger charge is 2.00. The quantitative estimate of drug-likeness (QED) is 0.877. The molecule has 2 aromatic rings. The van der Waals surface area contributed by atoms with Gasteiger partial charge in [-0.25, -0.2) is 0 Å². The first-order valence-corrected chi connectivity index (χ1v) is 5.88. The lowest BCUT2D eigenvalue weighted by atomic mass is 10.3. The van der Waals surface area contributed by atoms with E-state index in [9.17, 15) is 0 Å². The molecule has 0 fully saturated rings. The van der Waals surface area contributed by atoms with Gasteiger partial charge < -0.3 is 14.6 Å². The number of hydrogen-bond acceptors (Lipinski definition) is 3. The number of aliphatic hydroxyl groups is 1. The van der Waals surface area contributed by atoms with Gasteiger partial charge in [0.05, 0.1) is 6.10 Å². The molecular formula is C15H16O3. The lowest BCUT2D eigenvalue weighted by Crippen LogP contribution is -2.12. The number of ether oxygens (including phenoxy) is 2. The normalized spacial score (nSPS) is 11.9. The predicted octanol–water partition coefficient (Wildman–Crippen LogP) is 3.24. The van der Waals surface area contributed by atoms with Gasteiger partial charge in [0.1, 0.15) is 23.9 Å². The highest BCUT2D eigenvalue weighted by atomic mass is 16.5. The summed E-state index contributed by atoms with van der Waals surface area (Å²) in [6.45, 7) is 1.98. The summed E-state index contributed by atoms with van der Waals surface area (Å²) in [4.78, 5) is 0. The van der Waals surface area contributed by atoms with Gasteiger partial charge in [-0.05, 0) is 43.3 Å². The number of rotatable bonds is 5. The van der Waals surface area contributed by atoms with Crippen molar-refractivity contribution in [1.82, 2.24) is 0 Å². The van der Waals surface area contributed by atoms with E-state index in [1.54, 1.807) is 6.92 Å². The highest BCUT2D eigenvalue weighted by molar-refractivity contribution is 5.35. The minimum absolute atomic E-state index is 0.291. The molecule has 2 aromatic carbocycles. The summed E-state index contributed by atoms with van der Waals surface area (Å²) in [7, 11) is 0. The molecule has 1 N–H and O–H groups in total. The third-order valence-corrected chi connectivity index (χ3v) is 2.29. The molecule has 0 radical (unpaired) electrons. The zero-order valence-electron chi connectivity index (χ0n) is 10.2. The summed E-state index contributed by atoms with van der Waals surface area (Å²) in [5.41, 5.74) is 0. The summed E-state index contributed by atoms with van der Waals surface area (Å²) >= 11 is 0. The summed E-state index contributed by atoms with van der Waals surface area (Å²) in [5, 5.41) is 9.11. The summed E-state index contributed by atoms with van der Waals surface area (Å²) in [6.07, 6.45) is -0.467. The molecule has 0 heterocycles. The fraction of sp³-hybridized carbons (Fsp3) is 0.200. The van der Waals surface area contributed by atoms with Gasteiger partial charge in [0.15, 0.2) is 0 Å². The van der Waals surface area contributed by atoms with Crippen LogP contribution in [-0.2, 0) is 0 Å². The van der Waals surface area contributed by atoms with Gasteiger partial charge >= 0.3 is 0 Å². The molecular weight excluding hydrogens is 228 g/mol. The van der Waals surface area contributed by atoms with Crippen LogP contribution in [0.25, 0.3) is 0 Å². The van der Waals surface area contributed by atoms with Crippen molar-refractivity contribution in [2.75, 3.05) is 6.61 Å². The van der Waals surface area contributed by atoms with Gasteiger partial charge in [0, 0.05) is 0 Å². The Morgan fingerprint density at radius 2 is 1.44 bits per heavy atom. The molecule has 0 aliphatic carbocycles. The molecule has 0 aliphatic rings. The lowest BCUT2D eigenvalue weighted by Gasteiger charge is -2.09. The number of benzene rings is 2. The maximum Gasteiger partial charge on any atom is 0.127 e. The third-order valence-electron chi connectivity index (χ3n) is 2.29. The number of para-hydroxylation sites is 1. The first-order valence-electron chi connectivity index (χ1n) is 5.88. The van der Waals surface area contributed by atoms with Gasteiger partial charge in [-0.2, -0.15) is 0 Å². The second-order valence-electron chi connectivity index (χ2n) is 4.05. The van der Waals surface area contributed by atoms with E-state index in [-0.39, 0.29) is 0 Å². The average Bonchev–Trinajstić information content (AvgIpc) is 2.39. The van der Waals surface area contributed by atoms with E-state index in [1.165, 1.54) is 0 Å². The van der Waals surface area contributed by atoms with Crippen LogP contribution in [0.15, 0.2) is 54.6 Å². The smallest absolute Gasteiger partial charge is 0.127 e. The third kappa shape index (κ3) is 3.79. The van der Waals surface area contributed by atoms with Crippen molar-refractivity contribution >= 4 is 0 Å². The van der Waals surface area contributed by atoms with E-state index in [1.807, 2.05) is 54.6 Å². The number of hydrogen-bond donors (Lipinski definition) is 1. The average molecular weight is 244 g/mol. The maximum absolute atomic E-state index is 9.11. The Balaban J connectivity index is 1.95. The van der Waals surface area contributed by atoms with Crippen molar-refractivity contribution < 1.29 is 14.6 Å². The van der Waals surface area contributed by atoms with Crippen molar-refractivity contribution in [2.45, 2.75) is 13.0 Å². The van der Waals surface area contributed by atoms with Gasteiger partial charge in [0.2, 0.25) is 0 Å². The van der Waals surface area contributed by atoms with Crippen LogP contribution in [0.4, 0.5) is 0 Å². The van der Waals surface area contributed by atoms with Crippen LogP contribution in [0.1, 0.15) is 6.92 Å². The van der Waals surface area contributed by atoms with E-state index < -0.39 is 6.10 Å². The van der Waals surface area contributed by atoms with Gasteiger partial charge in [-0.15, -0.1) is 0 Å². The minimum atomic E-state index is -0.467. The second kappa shape index (κ2) is 6.07. The van der Waals surface area contributed by atoms with Crippen LogP contribution in [0.5, 0.6) is 17.2 Å². The molecule has 0 aliphatic heterocycles. The second-order valence-corrected chi connectivity index (χ2v) is 4.05. The van der Waals surface area contributed by atoms with Gasteiger partial charge in [-0.3, -0.25) is 0 Å². The molecule has 3 heteroatoms. The zero-order chi connectivity index (χ0) is 12.8. The van der Waals surface area contributed by atoms with Crippen molar-refractivity contribution in [3.8, 4) is 17.2 Å². The van der Waals surface area contributed by atoms with E-state index in [2.05, 4.69) is 0 Å². The maximum atomic E-state index is 9.11. The Kier molecular flexibility index (Phi) is 4.20. The SMILES string of the molecule is CC(O)COc1ccc(Oc2ccccc2)cc1. The van der Waals surface area contributed by atoms with Crippen molar-refractivity contribution in [3.05, 3.63) is 54.6 Å². The van der Waals surface area contributed by atoms with Crippen LogP contribution in [0.3, 0.4) is 0 Å². The molecule has 0 bridgehead atoms. The van der Waals surface area contributed by atoms with Crippen molar-refractivity contribution in [2.24, 2.45) is 0 Å². The topological polar surface area (TPSA) is 38.7 Å². The zero-order valence-corrected chi connectivity index (χ0v) is 10.2.